The van der Waals surface area contributed by atoms with Crippen LogP contribution in [0.1, 0.15) is 35.8 Å². The van der Waals surface area contributed by atoms with Gasteiger partial charge in [-0.25, -0.2) is 4.98 Å². The van der Waals surface area contributed by atoms with E-state index in [0.29, 0.717) is 21.4 Å². The Labute approximate surface area is 180 Å². The van der Waals surface area contributed by atoms with Crippen molar-refractivity contribution in [3.05, 3.63) is 40.3 Å². The third-order valence-electron chi connectivity index (χ3n) is 5.27. The van der Waals surface area contributed by atoms with E-state index in [2.05, 4.69) is 31.6 Å². The van der Waals surface area contributed by atoms with Gasteiger partial charge in [0.2, 0.25) is 11.1 Å². The standard InChI is InChI=1S/C21H18N6OS2/c1-11(19(28)25-20-14(10-22)12-6-3-5-9-16(12)30-20)29-21-24-18-17(26-27-21)13-7-2-4-8-15(13)23-18/h2,4,7-8,11H,3,5-6,9H2,1H3,(H,25,28)(H,23,24,27)/t11-/m1/s1. The van der Waals surface area contributed by atoms with Gasteiger partial charge in [-0.3, -0.25) is 4.79 Å². The summed E-state index contributed by atoms with van der Waals surface area (Å²) in [7, 11) is 0. The van der Waals surface area contributed by atoms with Gasteiger partial charge in [-0.2, -0.15) is 5.26 Å². The molecule has 2 N–H and O–H groups in total. The molecule has 1 atom stereocenters. The second-order valence-electron chi connectivity index (χ2n) is 7.24. The third-order valence-corrected chi connectivity index (χ3v) is 7.43. The maximum Gasteiger partial charge on any atom is 0.238 e. The lowest BCUT2D eigenvalue weighted by Gasteiger charge is -2.10. The molecule has 7 nitrogen and oxygen atoms in total. The summed E-state index contributed by atoms with van der Waals surface area (Å²) in [5.74, 6) is -0.171. The first-order chi connectivity index (χ1) is 14.6. The number of thiophene rings is 1. The van der Waals surface area contributed by atoms with E-state index in [9.17, 15) is 10.1 Å². The van der Waals surface area contributed by atoms with Gasteiger partial charge in [0.1, 0.15) is 16.6 Å². The predicted molar refractivity (Wildman–Crippen MR) is 119 cm³/mol. The van der Waals surface area contributed by atoms with E-state index in [4.69, 9.17) is 0 Å². The quantitative estimate of drug-likeness (QED) is 0.460. The molecule has 4 aromatic rings. The number of carbonyl (C=O) groups excluding carboxylic acids is 1. The van der Waals surface area contributed by atoms with Gasteiger partial charge in [0.25, 0.3) is 0 Å². The van der Waals surface area contributed by atoms with Gasteiger partial charge in [-0.05, 0) is 44.2 Å². The fourth-order valence-electron chi connectivity index (χ4n) is 3.75. The smallest absolute Gasteiger partial charge is 0.238 e. The highest BCUT2D eigenvalue weighted by Gasteiger charge is 2.24. The Bertz CT molecular complexity index is 1320. The summed E-state index contributed by atoms with van der Waals surface area (Å²) in [5, 5.41) is 22.7. The zero-order valence-corrected chi connectivity index (χ0v) is 17.9. The van der Waals surface area contributed by atoms with Crippen molar-refractivity contribution in [1.29, 1.82) is 5.26 Å². The molecule has 0 radical (unpaired) electrons. The number of hydrogen-bond donors (Lipinski definition) is 2. The molecule has 1 aromatic carbocycles. The first-order valence-electron chi connectivity index (χ1n) is 9.77. The van der Waals surface area contributed by atoms with Crippen molar-refractivity contribution in [2.45, 2.75) is 43.0 Å². The fourth-order valence-corrected chi connectivity index (χ4v) is 5.71. The van der Waals surface area contributed by atoms with E-state index in [1.54, 1.807) is 6.92 Å². The van der Waals surface area contributed by atoms with Gasteiger partial charge in [0, 0.05) is 15.8 Å². The van der Waals surface area contributed by atoms with E-state index >= 15 is 0 Å². The number of benzene rings is 1. The predicted octanol–water partition coefficient (Wildman–Crippen LogP) is 4.44. The van der Waals surface area contributed by atoms with Crippen molar-refractivity contribution in [2.24, 2.45) is 0 Å². The molecule has 0 fully saturated rings. The molecule has 0 saturated heterocycles. The molecule has 0 saturated carbocycles. The maximum atomic E-state index is 12.8. The van der Waals surface area contributed by atoms with E-state index < -0.39 is 5.25 Å². The van der Waals surface area contributed by atoms with Gasteiger partial charge in [0.15, 0.2) is 5.65 Å². The molecule has 0 unspecified atom stereocenters. The zero-order valence-electron chi connectivity index (χ0n) is 16.2. The molecule has 3 heterocycles. The molecular weight excluding hydrogens is 416 g/mol. The number of fused-ring (bicyclic) bond motifs is 4. The molecular formula is C21H18N6OS2. The number of aromatic nitrogens is 4. The van der Waals surface area contributed by atoms with Crippen LogP contribution < -0.4 is 5.32 Å². The Kier molecular flexibility index (Phi) is 4.89. The molecule has 3 aromatic heterocycles. The van der Waals surface area contributed by atoms with Crippen LogP contribution in [0.2, 0.25) is 0 Å². The summed E-state index contributed by atoms with van der Waals surface area (Å²) in [5.41, 5.74) is 4.06. The Morgan fingerprint density at radius 1 is 1.30 bits per heavy atom. The molecule has 1 aliphatic rings. The maximum absolute atomic E-state index is 12.8. The number of aromatic amines is 1. The lowest BCUT2D eigenvalue weighted by molar-refractivity contribution is -0.115. The normalized spacial score (nSPS) is 14.4. The second kappa shape index (κ2) is 7.70. The Balaban J connectivity index is 1.35. The number of amides is 1. The van der Waals surface area contributed by atoms with Gasteiger partial charge < -0.3 is 10.3 Å². The van der Waals surface area contributed by atoms with Crippen LogP contribution in [0.15, 0.2) is 29.4 Å². The van der Waals surface area contributed by atoms with E-state index in [-0.39, 0.29) is 5.91 Å². The molecule has 1 aliphatic carbocycles. The number of carbonyl (C=O) groups is 1. The van der Waals surface area contributed by atoms with Gasteiger partial charge >= 0.3 is 0 Å². The Morgan fingerprint density at radius 2 is 2.13 bits per heavy atom. The number of rotatable bonds is 4. The monoisotopic (exact) mass is 434 g/mol. The van der Waals surface area contributed by atoms with Crippen molar-refractivity contribution >= 4 is 56.1 Å². The van der Waals surface area contributed by atoms with Crippen molar-refractivity contribution in [1.82, 2.24) is 20.2 Å². The molecule has 0 bridgehead atoms. The number of para-hydroxylation sites is 1. The van der Waals surface area contributed by atoms with Gasteiger partial charge in [-0.1, -0.05) is 30.0 Å². The first-order valence-corrected chi connectivity index (χ1v) is 11.5. The lowest BCUT2D eigenvalue weighted by atomic mass is 9.96. The second-order valence-corrected chi connectivity index (χ2v) is 9.65. The number of H-pyrrole nitrogens is 1. The van der Waals surface area contributed by atoms with Crippen LogP contribution in [0.4, 0.5) is 5.00 Å². The highest BCUT2D eigenvalue weighted by molar-refractivity contribution is 8.00. The summed E-state index contributed by atoms with van der Waals surface area (Å²) < 4.78 is 0. The number of hydrogen-bond acceptors (Lipinski definition) is 7. The Morgan fingerprint density at radius 3 is 3.00 bits per heavy atom. The molecule has 150 valence electrons. The van der Waals surface area contributed by atoms with Crippen LogP contribution in [0, 0.1) is 11.3 Å². The first kappa shape index (κ1) is 19.0. The minimum absolute atomic E-state index is 0.171. The number of nitrogens with zero attached hydrogens (tertiary/aromatic N) is 4. The number of anilines is 1. The van der Waals surface area contributed by atoms with Crippen LogP contribution in [0.25, 0.3) is 22.1 Å². The van der Waals surface area contributed by atoms with Gasteiger partial charge in [-0.15, -0.1) is 21.5 Å². The molecule has 5 rings (SSSR count). The molecule has 9 heteroatoms. The summed E-state index contributed by atoms with van der Waals surface area (Å²) >= 11 is 2.78. The average Bonchev–Trinajstić information content (AvgIpc) is 3.30. The lowest BCUT2D eigenvalue weighted by Crippen LogP contribution is -2.22. The van der Waals surface area contributed by atoms with Crippen molar-refractivity contribution in [3.63, 3.8) is 0 Å². The van der Waals surface area contributed by atoms with Gasteiger partial charge in [0.05, 0.1) is 10.8 Å². The van der Waals surface area contributed by atoms with E-state index in [1.807, 2.05) is 24.3 Å². The summed E-state index contributed by atoms with van der Waals surface area (Å²) in [6, 6.07) is 10.1. The summed E-state index contributed by atoms with van der Waals surface area (Å²) in [6.45, 7) is 1.80. The van der Waals surface area contributed by atoms with Crippen molar-refractivity contribution in [3.8, 4) is 6.07 Å². The van der Waals surface area contributed by atoms with Crippen LogP contribution in [-0.2, 0) is 17.6 Å². The van der Waals surface area contributed by atoms with Crippen LogP contribution >= 0.6 is 23.1 Å². The van der Waals surface area contributed by atoms with Crippen molar-refractivity contribution < 1.29 is 4.79 Å². The third kappa shape index (κ3) is 3.32. The van der Waals surface area contributed by atoms with E-state index in [0.717, 1.165) is 47.7 Å². The topological polar surface area (TPSA) is 107 Å². The number of aryl methyl sites for hydroxylation is 1. The Hall–Kier alpha value is -2.96. The highest BCUT2D eigenvalue weighted by atomic mass is 32.2. The van der Waals surface area contributed by atoms with Crippen LogP contribution in [0.3, 0.4) is 0 Å². The molecule has 30 heavy (non-hydrogen) atoms. The average molecular weight is 435 g/mol. The molecule has 1 amide bonds. The minimum Gasteiger partial charge on any atom is -0.338 e. The van der Waals surface area contributed by atoms with Crippen LogP contribution in [0.5, 0.6) is 0 Å². The number of nitrogens with one attached hydrogen (secondary N) is 2. The van der Waals surface area contributed by atoms with Crippen molar-refractivity contribution in [2.75, 3.05) is 5.32 Å². The highest BCUT2D eigenvalue weighted by Crippen LogP contribution is 2.38. The fraction of sp³-hybridized carbons (Fsp3) is 0.286. The number of nitriles is 1. The SMILES string of the molecule is C[C@@H](Sc1nnc2c(n1)[nH]c1ccccc12)C(=O)Nc1sc2c(c1C#N)CCCC2. The van der Waals surface area contributed by atoms with Crippen LogP contribution in [-0.4, -0.2) is 31.3 Å². The number of thioether (sulfide) groups is 1. The minimum atomic E-state index is -0.431. The summed E-state index contributed by atoms with van der Waals surface area (Å²) in [4.78, 5) is 21.8. The molecule has 0 aliphatic heterocycles. The van der Waals surface area contributed by atoms with E-state index in [1.165, 1.54) is 28.0 Å². The summed E-state index contributed by atoms with van der Waals surface area (Å²) in [6.07, 6.45) is 4.13. The molecule has 0 spiro atoms. The zero-order chi connectivity index (χ0) is 20.7. The largest absolute Gasteiger partial charge is 0.338 e.